The number of aryl methyl sites for hydroxylation is 1. The molecule has 2 amide bonds. The average molecular weight is 354 g/mol. The number of piperidine rings is 1. The number of aromatic nitrogens is 2. The topological polar surface area (TPSA) is 67.2 Å². The minimum atomic E-state index is -0.294. The maximum absolute atomic E-state index is 12.7. The Kier molecular flexibility index (Phi) is 4.66. The minimum absolute atomic E-state index is 0.0162. The molecule has 2 aliphatic rings. The summed E-state index contributed by atoms with van der Waals surface area (Å²) >= 11 is 0. The van der Waals surface area contributed by atoms with Crippen LogP contribution in [-0.2, 0) is 23.1 Å². The highest BCUT2D eigenvalue weighted by atomic mass is 16.2. The third-order valence-corrected chi connectivity index (χ3v) is 5.54. The number of carbonyl (C=O) groups excluding carboxylic acids is 2. The molecule has 26 heavy (non-hydrogen) atoms. The van der Waals surface area contributed by atoms with E-state index in [-0.39, 0.29) is 23.8 Å². The maximum Gasteiger partial charge on any atom is 0.242 e. The van der Waals surface area contributed by atoms with Gasteiger partial charge in [-0.2, -0.15) is 0 Å². The number of nitrogens with zero attached hydrogens (tertiary/aromatic N) is 3. The fourth-order valence-electron chi connectivity index (χ4n) is 3.87. The molecular formula is C20H26N4O2. The van der Waals surface area contributed by atoms with E-state index < -0.39 is 0 Å². The van der Waals surface area contributed by atoms with Crippen LogP contribution in [0.4, 0.5) is 0 Å². The van der Waals surface area contributed by atoms with E-state index in [1.807, 2.05) is 36.2 Å². The number of imidazole rings is 1. The Morgan fingerprint density at radius 1 is 1.19 bits per heavy atom. The van der Waals surface area contributed by atoms with Crippen LogP contribution in [0, 0.1) is 5.92 Å². The molecule has 2 aromatic rings. The molecule has 1 aliphatic heterocycles. The number of likely N-dealkylation sites (tertiary alicyclic amines) is 1. The first-order valence-corrected chi connectivity index (χ1v) is 9.63. The molecule has 138 valence electrons. The van der Waals surface area contributed by atoms with Crippen molar-refractivity contribution in [3.8, 4) is 0 Å². The highest BCUT2D eigenvalue weighted by molar-refractivity contribution is 5.89. The molecule has 0 unspecified atom stereocenters. The molecule has 1 saturated carbocycles. The van der Waals surface area contributed by atoms with Crippen LogP contribution in [0.2, 0.25) is 0 Å². The number of rotatable bonds is 5. The van der Waals surface area contributed by atoms with Crippen LogP contribution < -0.4 is 5.32 Å². The lowest BCUT2D eigenvalue weighted by atomic mass is 10.0. The quantitative estimate of drug-likeness (QED) is 0.893. The van der Waals surface area contributed by atoms with Crippen molar-refractivity contribution in [3.63, 3.8) is 0 Å². The summed E-state index contributed by atoms with van der Waals surface area (Å²) in [5, 5.41) is 3.03. The third kappa shape index (κ3) is 3.32. The molecule has 6 heteroatoms. The first-order valence-electron chi connectivity index (χ1n) is 9.63. The van der Waals surface area contributed by atoms with Gasteiger partial charge in [0.2, 0.25) is 11.8 Å². The Morgan fingerprint density at radius 3 is 2.77 bits per heavy atom. The van der Waals surface area contributed by atoms with Crippen LogP contribution in [0.3, 0.4) is 0 Å². The second-order valence-corrected chi connectivity index (χ2v) is 7.43. The molecule has 2 heterocycles. The number of fused-ring (bicyclic) bond motifs is 1. The van der Waals surface area contributed by atoms with Gasteiger partial charge in [-0.05, 0) is 44.2 Å². The fourth-order valence-corrected chi connectivity index (χ4v) is 3.87. The number of hydrogen-bond acceptors (Lipinski definition) is 3. The molecule has 1 atom stereocenters. The van der Waals surface area contributed by atoms with Crippen LogP contribution in [0.25, 0.3) is 11.0 Å². The van der Waals surface area contributed by atoms with Crippen molar-refractivity contribution >= 4 is 22.8 Å². The van der Waals surface area contributed by atoms with Gasteiger partial charge in [0.1, 0.15) is 11.9 Å². The van der Waals surface area contributed by atoms with E-state index in [0.717, 1.165) is 55.5 Å². The molecule has 0 bridgehead atoms. The zero-order valence-corrected chi connectivity index (χ0v) is 15.3. The molecule has 0 radical (unpaired) electrons. The van der Waals surface area contributed by atoms with Gasteiger partial charge in [-0.25, -0.2) is 4.98 Å². The van der Waals surface area contributed by atoms with Crippen LogP contribution >= 0.6 is 0 Å². The van der Waals surface area contributed by atoms with Crippen LogP contribution in [0.15, 0.2) is 24.3 Å². The zero-order chi connectivity index (χ0) is 18.1. The molecule has 2 fully saturated rings. The molecule has 0 spiro atoms. The van der Waals surface area contributed by atoms with Gasteiger partial charge in [-0.1, -0.05) is 12.1 Å². The SMILES string of the molecule is Cn1c(CCNC(=O)[C@H]2CCCCN2C(=O)C2CC2)nc2ccccc21. The van der Waals surface area contributed by atoms with Gasteiger partial charge in [-0.15, -0.1) is 0 Å². The Morgan fingerprint density at radius 2 is 2.00 bits per heavy atom. The van der Waals surface area contributed by atoms with E-state index in [1.165, 1.54) is 0 Å². The zero-order valence-electron chi connectivity index (χ0n) is 15.3. The van der Waals surface area contributed by atoms with Crippen molar-refractivity contribution < 1.29 is 9.59 Å². The summed E-state index contributed by atoms with van der Waals surface area (Å²) in [5.74, 6) is 1.29. The monoisotopic (exact) mass is 354 g/mol. The Labute approximate surface area is 153 Å². The fraction of sp³-hybridized carbons (Fsp3) is 0.550. The molecule has 1 aromatic carbocycles. The number of benzene rings is 1. The molecule has 6 nitrogen and oxygen atoms in total. The van der Waals surface area contributed by atoms with Gasteiger partial charge >= 0.3 is 0 Å². The molecule has 1 saturated heterocycles. The van der Waals surface area contributed by atoms with E-state index in [4.69, 9.17) is 0 Å². The highest BCUT2D eigenvalue weighted by Crippen LogP contribution is 2.33. The van der Waals surface area contributed by atoms with Crippen LogP contribution in [0.5, 0.6) is 0 Å². The largest absolute Gasteiger partial charge is 0.354 e. The standard InChI is InChI=1S/C20H26N4O2/c1-23-16-7-3-2-6-15(16)22-18(23)11-12-21-19(25)17-8-4-5-13-24(17)20(26)14-9-10-14/h2-3,6-7,14,17H,4-5,8-13H2,1H3,(H,21,25)/t17-/m1/s1. The number of para-hydroxylation sites is 2. The summed E-state index contributed by atoms with van der Waals surface area (Å²) in [7, 11) is 2.00. The molecule has 1 aliphatic carbocycles. The van der Waals surface area contributed by atoms with Crippen LogP contribution in [-0.4, -0.2) is 45.4 Å². The second kappa shape index (κ2) is 7.09. The highest BCUT2D eigenvalue weighted by Gasteiger charge is 2.39. The summed E-state index contributed by atoms with van der Waals surface area (Å²) in [5.41, 5.74) is 2.08. The van der Waals surface area contributed by atoms with E-state index in [1.54, 1.807) is 0 Å². The summed E-state index contributed by atoms with van der Waals surface area (Å²) < 4.78 is 2.07. The van der Waals surface area contributed by atoms with Gasteiger partial charge < -0.3 is 14.8 Å². The molecular weight excluding hydrogens is 328 g/mol. The van der Waals surface area contributed by atoms with Crippen molar-refractivity contribution in [2.75, 3.05) is 13.1 Å². The number of carbonyl (C=O) groups is 2. The van der Waals surface area contributed by atoms with Gasteiger partial charge in [0, 0.05) is 32.5 Å². The Hall–Kier alpha value is -2.37. The molecule has 4 rings (SSSR count). The summed E-state index contributed by atoms with van der Waals surface area (Å²) in [6, 6.07) is 7.74. The van der Waals surface area contributed by atoms with Gasteiger partial charge in [-0.3, -0.25) is 9.59 Å². The lowest BCUT2D eigenvalue weighted by Gasteiger charge is -2.34. The molecule has 1 N–H and O–H groups in total. The van der Waals surface area contributed by atoms with Crippen molar-refractivity contribution in [1.29, 1.82) is 0 Å². The Balaban J connectivity index is 1.36. The number of amides is 2. The van der Waals surface area contributed by atoms with Crippen molar-refractivity contribution in [1.82, 2.24) is 19.8 Å². The van der Waals surface area contributed by atoms with Gasteiger partial charge in [0.05, 0.1) is 11.0 Å². The maximum atomic E-state index is 12.7. The predicted octanol–water partition coefficient (Wildman–Crippen LogP) is 2.02. The predicted molar refractivity (Wildman–Crippen MR) is 99.5 cm³/mol. The molecule has 1 aromatic heterocycles. The smallest absolute Gasteiger partial charge is 0.242 e. The van der Waals surface area contributed by atoms with Crippen LogP contribution in [0.1, 0.15) is 37.9 Å². The number of nitrogens with one attached hydrogen (secondary N) is 1. The van der Waals surface area contributed by atoms with Crippen molar-refractivity contribution in [2.45, 2.75) is 44.6 Å². The van der Waals surface area contributed by atoms with E-state index in [9.17, 15) is 9.59 Å². The van der Waals surface area contributed by atoms with E-state index >= 15 is 0 Å². The van der Waals surface area contributed by atoms with Gasteiger partial charge in [0.15, 0.2) is 0 Å². The van der Waals surface area contributed by atoms with Gasteiger partial charge in [0.25, 0.3) is 0 Å². The minimum Gasteiger partial charge on any atom is -0.354 e. The van der Waals surface area contributed by atoms with Crippen molar-refractivity contribution in [3.05, 3.63) is 30.1 Å². The average Bonchev–Trinajstić information content (AvgIpc) is 3.47. The lowest BCUT2D eigenvalue weighted by Crippen LogP contribution is -2.52. The summed E-state index contributed by atoms with van der Waals surface area (Å²) in [4.78, 5) is 31.6. The third-order valence-electron chi connectivity index (χ3n) is 5.54. The first-order chi connectivity index (χ1) is 12.6. The second-order valence-electron chi connectivity index (χ2n) is 7.43. The normalized spacial score (nSPS) is 20.3. The van der Waals surface area contributed by atoms with E-state index in [0.29, 0.717) is 13.0 Å². The van der Waals surface area contributed by atoms with Crippen molar-refractivity contribution in [2.24, 2.45) is 13.0 Å². The van der Waals surface area contributed by atoms with E-state index in [2.05, 4.69) is 14.9 Å². The Bertz CT molecular complexity index is 824. The summed E-state index contributed by atoms with van der Waals surface area (Å²) in [6.45, 7) is 1.26. The lowest BCUT2D eigenvalue weighted by molar-refractivity contribution is -0.143. The first kappa shape index (κ1) is 17.1. The summed E-state index contributed by atoms with van der Waals surface area (Å²) in [6.07, 6.45) is 5.43. The number of hydrogen-bond donors (Lipinski definition) is 1.